The quantitative estimate of drug-likeness (QED) is 0.230. The van der Waals surface area contributed by atoms with Gasteiger partial charge in [-0.3, -0.25) is 0 Å². The van der Waals surface area contributed by atoms with Crippen LogP contribution in [0.25, 0.3) is 38.4 Å². The summed E-state index contributed by atoms with van der Waals surface area (Å²) in [6.07, 6.45) is 11.0. The predicted octanol–water partition coefficient (Wildman–Crippen LogP) is 9.52. The van der Waals surface area contributed by atoms with Crippen LogP contribution in [-0.4, -0.2) is 9.97 Å². The van der Waals surface area contributed by atoms with E-state index < -0.39 is 0 Å². The van der Waals surface area contributed by atoms with Crippen LogP contribution in [-0.2, 0) is 11.8 Å². The Labute approximate surface area is 239 Å². The minimum absolute atomic E-state index is 0.298. The normalized spacial score (nSPS) is 19.9. The van der Waals surface area contributed by atoms with Gasteiger partial charge in [-0.15, -0.1) is 0 Å². The Hall–Kier alpha value is -4.76. The Morgan fingerprint density at radius 1 is 0.707 bits per heavy atom. The average Bonchev–Trinajstić information content (AvgIpc) is 3.60. The molecule has 0 saturated carbocycles. The van der Waals surface area contributed by atoms with Gasteiger partial charge in [-0.05, 0) is 74.1 Å². The van der Waals surface area contributed by atoms with Gasteiger partial charge in [0.15, 0.2) is 0 Å². The summed E-state index contributed by atoms with van der Waals surface area (Å²) in [5, 5.41) is 3.96. The predicted molar refractivity (Wildman–Crippen MR) is 171 cm³/mol. The van der Waals surface area contributed by atoms with Crippen LogP contribution in [0.1, 0.15) is 48.6 Å². The summed E-state index contributed by atoms with van der Waals surface area (Å²) in [6.45, 7) is 2.49. The maximum atomic E-state index is 3.81. The largest absolute Gasteiger partial charge is 0.358 e. The molecule has 3 nitrogen and oxygen atoms in total. The Bertz CT molecular complexity index is 2120. The van der Waals surface area contributed by atoms with Gasteiger partial charge in [-0.1, -0.05) is 78.9 Å². The second-order valence-electron chi connectivity index (χ2n) is 11.9. The molecule has 0 saturated heterocycles. The zero-order valence-electron chi connectivity index (χ0n) is 23.2. The van der Waals surface area contributed by atoms with E-state index in [-0.39, 0.29) is 5.41 Å². The topological polar surface area (TPSA) is 34.8 Å². The first-order chi connectivity index (χ1) is 20.2. The highest BCUT2D eigenvalue weighted by Crippen LogP contribution is 2.59. The highest BCUT2D eigenvalue weighted by atomic mass is 15.2. The average molecular weight is 530 g/mol. The summed E-state index contributed by atoms with van der Waals surface area (Å²) in [4.78, 5) is 10.2. The van der Waals surface area contributed by atoms with E-state index in [0.29, 0.717) is 0 Å². The minimum atomic E-state index is -0.298. The number of allylic oxidation sites excluding steroid dienone is 5. The van der Waals surface area contributed by atoms with E-state index in [9.17, 15) is 0 Å². The molecular formula is C38H31N3. The number of aromatic amines is 2. The number of fused-ring (bicyclic) bond motifs is 9. The molecular weight excluding hydrogens is 498 g/mol. The number of aryl methyl sites for hydroxylation is 1. The fraction of sp³-hybridized carbons (Fsp3) is 0.158. The van der Waals surface area contributed by atoms with Crippen LogP contribution < -0.4 is 4.90 Å². The third-order valence-corrected chi connectivity index (χ3v) is 9.78. The van der Waals surface area contributed by atoms with Crippen LogP contribution in [0.3, 0.4) is 0 Å². The number of rotatable bonds is 2. The first-order valence-corrected chi connectivity index (χ1v) is 14.8. The van der Waals surface area contributed by atoms with Gasteiger partial charge in [0, 0.05) is 60.6 Å². The van der Waals surface area contributed by atoms with E-state index in [1.165, 1.54) is 77.7 Å². The first-order valence-electron chi connectivity index (χ1n) is 14.8. The van der Waals surface area contributed by atoms with Gasteiger partial charge in [-0.25, -0.2) is 0 Å². The lowest BCUT2D eigenvalue weighted by molar-refractivity contribution is 0.620. The Morgan fingerprint density at radius 2 is 1.46 bits per heavy atom. The number of anilines is 1. The first kappa shape index (κ1) is 23.0. The number of nitrogens with one attached hydrogen (secondary N) is 2. The van der Waals surface area contributed by atoms with Gasteiger partial charge >= 0.3 is 0 Å². The van der Waals surface area contributed by atoms with Gasteiger partial charge in [0.2, 0.25) is 0 Å². The summed E-state index contributed by atoms with van der Waals surface area (Å²) < 4.78 is 0. The fourth-order valence-corrected chi connectivity index (χ4v) is 7.97. The molecule has 1 aliphatic heterocycles. The molecule has 3 aliphatic rings. The number of H-pyrrole nitrogens is 2. The molecule has 3 heterocycles. The van der Waals surface area contributed by atoms with Crippen LogP contribution in [0.5, 0.6) is 0 Å². The van der Waals surface area contributed by atoms with E-state index >= 15 is 0 Å². The lowest BCUT2D eigenvalue weighted by Crippen LogP contribution is -2.40. The van der Waals surface area contributed by atoms with Crippen molar-refractivity contribution in [1.29, 1.82) is 0 Å². The van der Waals surface area contributed by atoms with Crippen LogP contribution in [0, 0.1) is 0 Å². The van der Waals surface area contributed by atoms with Gasteiger partial charge in [-0.2, -0.15) is 0 Å². The molecule has 41 heavy (non-hydrogen) atoms. The number of nitrogens with zero attached hydrogens (tertiary/aromatic N) is 1. The molecule has 4 aromatic carbocycles. The lowest BCUT2D eigenvalue weighted by Gasteiger charge is -2.48. The van der Waals surface area contributed by atoms with Crippen molar-refractivity contribution in [2.45, 2.75) is 38.0 Å². The van der Waals surface area contributed by atoms with Crippen molar-refractivity contribution in [2.24, 2.45) is 0 Å². The molecule has 2 aliphatic carbocycles. The summed E-state index contributed by atoms with van der Waals surface area (Å²) in [7, 11) is 0. The summed E-state index contributed by atoms with van der Waals surface area (Å²) in [5.41, 5.74) is 14.4. The molecule has 198 valence electrons. The van der Waals surface area contributed by atoms with Crippen molar-refractivity contribution in [1.82, 2.24) is 9.97 Å². The molecule has 3 heteroatoms. The van der Waals surface area contributed by atoms with Crippen molar-refractivity contribution in [2.75, 3.05) is 4.90 Å². The van der Waals surface area contributed by atoms with Crippen molar-refractivity contribution in [3.8, 4) is 0 Å². The van der Waals surface area contributed by atoms with Gasteiger partial charge in [0.1, 0.15) is 0 Å². The zero-order chi connectivity index (χ0) is 27.1. The van der Waals surface area contributed by atoms with Crippen LogP contribution >= 0.6 is 0 Å². The third kappa shape index (κ3) is 3.04. The maximum absolute atomic E-state index is 3.81. The van der Waals surface area contributed by atoms with Gasteiger partial charge in [0.05, 0.1) is 11.4 Å². The van der Waals surface area contributed by atoms with Crippen molar-refractivity contribution in [3.63, 3.8) is 0 Å². The highest BCUT2D eigenvalue weighted by molar-refractivity contribution is 6.14. The molecule has 0 amide bonds. The molecule has 6 aromatic rings. The van der Waals surface area contributed by atoms with Crippen molar-refractivity contribution in [3.05, 3.63) is 143 Å². The number of hydrogen-bond donors (Lipinski definition) is 2. The Balaban J connectivity index is 1.49. The molecule has 0 radical (unpaired) electrons. The van der Waals surface area contributed by atoms with E-state index in [1.54, 1.807) is 0 Å². The minimum Gasteiger partial charge on any atom is -0.358 e. The molecule has 1 atom stereocenters. The fourth-order valence-electron chi connectivity index (χ4n) is 7.97. The van der Waals surface area contributed by atoms with E-state index in [2.05, 4.69) is 131 Å². The summed E-state index contributed by atoms with van der Waals surface area (Å²) in [5.74, 6) is 0. The van der Waals surface area contributed by atoms with E-state index in [0.717, 1.165) is 25.7 Å². The van der Waals surface area contributed by atoms with Crippen LogP contribution in [0.15, 0.2) is 120 Å². The lowest BCUT2D eigenvalue weighted by atomic mass is 9.63. The van der Waals surface area contributed by atoms with Gasteiger partial charge in [0.25, 0.3) is 0 Å². The van der Waals surface area contributed by atoms with E-state index in [4.69, 9.17) is 0 Å². The monoisotopic (exact) mass is 529 g/mol. The molecule has 9 rings (SSSR count). The number of benzene rings is 4. The Morgan fingerprint density at radius 3 is 2.27 bits per heavy atom. The Kier molecular flexibility index (Phi) is 4.70. The molecule has 1 unspecified atom stereocenters. The number of aromatic nitrogens is 2. The maximum Gasteiger partial charge on any atom is 0.0559 e. The molecule has 0 spiro atoms. The number of hydrogen-bond acceptors (Lipinski definition) is 1. The zero-order valence-corrected chi connectivity index (χ0v) is 23.2. The molecule has 2 aromatic heterocycles. The van der Waals surface area contributed by atoms with Crippen LogP contribution in [0.2, 0.25) is 0 Å². The van der Waals surface area contributed by atoms with Crippen LogP contribution in [0.4, 0.5) is 5.69 Å². The smallest absolute Gasteiger partial charge is 0.0559 e. The third-order valence-electron chi connectivity index (χ3n) is 9.78. The van der Waals surface area contributed by atoms with E-state index in [1.807, 2.05) is 0 Å². The molecule has 0 fully saturated rings. The molecule has 0 bridgehead atoms. The SMILES string of the molecule is CC1(c2ccccc2)C2=C(c3c([nH]c4ccccc34)CC2)N(C2=CC=CCC2)c2ccc3[nH]c4ccccc4c3c21. The summed E-state index contributed by atoms with van der Waals surface area (Å²) >= 11 is 0. The molecule has 2 N–H and O–H groups in total. The number of para-hydroxylation sites is 2. The standard InChI is InChI=1S/C38H31N3/c1-38(24-12-4-2-5-13-24)28-20-21-32-35(27-17-9-11-19-30(27)40-32)37(28)41(25-14-6-3-7-15-25)33-23-22-31-34(36(33)38)26-16-8-10-18-29(26)39-31/h2-6,8-14,16-19,22-23,39-40H,7,15,20-21H2,1H3. The van der Waals surface area contributed by atoms with Crippen molar-refractivity contribution >= 4 is 44.1 Å². The summed E-state index contributed by atoms with van der Waals surface area (Å²) in [6, 6.07) is 33.6. The second-order valence-corrected chi connectivity index (χ2v) is 11.9. The second kappa shape index (κ2) is 8.37. The highest BCUT2D eigenvalue weighted by Gasteiger charge is 2.47. The van der Waals surface area contributed by atoms with Gasteiger partial charge < -0.3 is 14.9 Å². The van der Waals surface area contributed by atoms with Crippen molar-refractivity contribution < 1.29 is 0 Å².